The number of benzene rings is 1. The highest BCUT2D eigenvalue weighted by molar-refractivity contribution is 5.35. The zero-order chi connectivity index (χ0) is 9.26. The van der Waals surface area contributed by atoms with Gasteiger partial charge in [-0.25, -0.2) is 4.39 Å². The van der Waals surface area contributed by atoms with E-state index < -0.39 is 6.17 Å². The van der Waals surface area contributed by atoms with Crippen molar-refractivity contribution in [1.29, 1.82) is 0 Å². The molecule has 0 fully saturated rings. The lowest BCUT2D eigenvalue weighted by Gasteiger charge is -2.20. The number of alkyl halides is 1. The van der Waals surface area contributed by atoms with Crippen molar-refractivity contribution in [3.8, 4) is 0 Å². The molecule has 2 heteroatoms. The highest BCUT2D eigenvalue weighted by Gasteiger charge is 2.19. The zero-order valence-corrected chi connectivity index (χ0v) is 7.59. The summed E-state index contributed by atoms with van der Waals surface area (Å²) in [5.74, 6) is 0. The maximum atomic E-state index is 13.5. The number of hydrogen-bond acceptors (Lipinski definition) is 1. The van der Waals surface area contributed by atoms with Crippen LogP contribution in [0.4, 0.5) is 4.39 Å². The Labute approximate surface area is 77.8 Å². The maximum absolute atomic E-state index is 13.5. The molecular weight excluding hydrogens is 165 g/mol. The van der Waals surface area contributed by atoms with Gasteiger partial charge in [0.15, 0.2) is 0 Å². The van der Waals surface area contributed by atoms with Crippen LogP contribution in [0.2, 0.25) is 0 Å². The van der Waals surface area contributed by atoms with Crippen LogP contribution in [0.1, 0.15) is 35.7 Å². The first-order valence-corrected chi connectivity index (χ1v) is 4.77. The Bertz CT molecular complexity index is 309. The van der Waals surface area contributed by atoms with Crippen LogP contribution in [0, 0.1) is 0 Å². The van der Waals surface area contributed by atoms with Gasteiger partial charge in [-0.2, -0.15) is 0 Å². The minimum atomic E-state index is -0.768. The largest absolute Gasteiger partial charge is 0.326 e. The van der Waals surface area contributed by atoms with Crippen molar-refractivity contribution < 1.29 is 4.39 Å². The van der Waals surface area contributed by atoms with Gasteiger partial charge in [-0.3, -0.25) is 0 Å². The maximum Gasteiger partial charge on any atom is 0.125 e. The third kappa shape index (κ3) is 1.59. The smallest absolute Gasteiger partial charge is 0.125 e. The van der Waals surface area contributed by atoms with Gasteiger partial charge in [0.05, 0.1) is 0 Å². The topological polar surface area (TPSA) is 26.0 Å². The molecule has 0 bridgehead atoms. The number of rotatable bonds is 1. The molecule has 1 aliphatic rings. The fourth-order valence-corrected chi connectivity index (χ4v) is 1.92. The Balaban J connectivity index is 2.41. The van der Waals surface area contributed by atoms with Crippen molar-refractivity contribution in [3.05, 3.63) is 34.9 Å². The van der Waals surface area contributed by atoms with Crippen LogP contribution in [0.3, 0.4) is 0 Å². The van der Waals surface area contributed by atoms with Gasteiger partial charge in [-0.05, 0) is 36.0 Å². The molecule has 1 nitrogen and oxygen atoms in total. The van der Waals surface area contributed by atoms with Crippen LogP contribution in [0.15, 0.2) is 18.2 Å². The Morgan fingerprint density at radius 2 is 2.31 bits per heavy atom. The Morgan fingerprint density at radius 1 is 1.46 bits per heavy atom. The number of fused-ring (bicyclic) bond motifs is 1. The Morgan fingerprint density at radius 3 is 3.08 bits per heavy atom. The van der Waals surface area contributed by atoms with Crippen molar-refractivity contribution in [2.45, 2.75) is 32.0 Å². The summed E-state index contributed by atoms with van der Waals surface area (Å²) in [5.41, 5.74) is 8.57. The fraction of sp³-hybridized carbons (Fsp3) is 0.455. The molecule has 1 atom stereocenters. The first-order chi connectivity index (χ1) is 6.31. The predicted molar refractivity (Wildman–Crippen MR) is 51.1 cm³/mol. The van der Waals surface area contributed by atoms with Crippen LogP contribution < -0.4 is 5.73 Å². The van der Waals surface area contributed by atoms with Crippen molar-refractivity contribution in [2.75, 3.05) is 0 Å². The monoisotopic (exact) mass is 179 g/mol. The molecule has 0 saturated carbocycles. The second-order valence-electron chi connectivity index (χ2n) is 3.60. The molecule has 0 spiro atoms. The lowest BCUT2D eigenvalue weighted by molar-refractivity contribution is 0.302. The summed E-state index contributed by atoms with van der Waals surface area (Å²) in [6, 6.07) is 5.93. The van der Waals surface area contributed by atoms with E-state index in [9.17, 15) is 4.39 Å². The SMILES string of the molecule is NCc1ccc2c(c1)C(F)CCC2. The molecule has 0 amide bonds. The minimum absolute atomic E-state index is 0.500. The number of nitrogens with two attached hydrogens (primary N) is 1. The molecule has 13 heavy (non-hydrogen) atoms. The summed E-state index contributed by atoms with van der Waals surface area (Å²) >= 11 is 0. The molecule has 70 valence electrons. The quantitative estimate of drug-likeness (QED) is 0.704. The van der Waals surface area contributed by atoms with E-state index in [-0.39, 0.29) is 0 Å². The van der Waals surface area contributed by atoms with Gasteiger partial charge in [0.1, 0.15) is 6.17 Å². The van der Waals surface area contributed by atoms with Crippen LogP contribution in [-0.4, -0.2) is 0 Å². The summed E-state index contributed by atoms with van der Waals surface area (Å²) < 4.78 is 13.5. The third-order valence-electron chi connectivity index (χ3n) is 2.69. The summed E-state index contributed by atoms with van der Waals surface area (Å²) in [7, 11) is 0. The van der Waals surface area contributed by atoms with Gasteiger partial charge in [-0.1, -0.05) is 18.2 Å². The summed E-state index contributed by atoms with van der Waals surface area (Å²) in [4.78, 5) is 0. The molecule has 0 aromatic heterocycles. The van der Waals surface area contributed by atoms with Gasteiger partial charge >= 0.3 is 0 Å². The molecule has 1 aromatic rings. The van der Waals surface area contributed by atoms with Crippen molar-refractivity contribution in [2.24, 2.45) is 5.73 Å². The van der Waals surface area contributed by atoms with E-state index in [0.717, 1.165) is 29.5 Å². The summed E-state index contributed by atoms with van der Waals surface area (Å²) in [6.45, 7) is 0.500. The lowest BCUT2D eigenvalue weighted by Crippen LogP contribution is -2.07. The Kier molecular flexibility index (Phi) is 2.32. The van der Waals surface area contributed by atoms with E-state index in [0.29, 0.717) is 13.0 Å². The van der Waals surface area contributed by atoms with Crippen LogP contribution >= 0.6 is 0 Å². The number of aryl methyl sites for hydroxylation is 1. The van der Waals surface area contributed by atoms with E-state index in [1.807, 2.05) is 18.2 Å². The second-order valence-corrected chi connectivity index (χ2v) is 3.60. The molecule has 2 N–H and O–H groups in total. The molecule has 1 aliphatic carbocycles. The molecule has 0 heterocycles. The van der Waals surface area contributed by atoms with E-state index in [1.165, 1.54) is 0 Å². The van der Waals surface area contributed by atoms with E-state index in [1.54, 1.807) is 0 Å². The van der Waals surface area contributed by atoms with Gasteiger partial charge in [-0.15, -0.1) is 0 Å². The molecule has 0 radical (unpaired) electrons. The van der Waals surface area contributed by atoms with Crippen molar-refractivity contribution in [3.63, 3.8) is 0 Å². The second kappa shape index (κ2) is 3.46. The molecule has 0 saturated heterocycles. The van der Waals surface area contributed by atoms with E-state index >= 15 is 0 Å². The van der Waals surface area contributed by atoms with Crippen LogP contribution in [0.25, 0.3) is 0 Å². The summed E-state index contributed by atoms with van der Waals surface area (Å²) in [6.07, 6.45) is 1.88. The predicted octanol–water partition coefficient (Wildman–Crippen LogP) is 2.49. The first kappa shape index (κ1) is 8.70. The zero-order valence-electron chi connectivity index (χ0n) is 7.59. The van der Waals surface area contributed by atoms with E-state index in [4.69, 9.17) is 5.73 Å². The molecular formula is C11H14FN. The van der Waals surface area contributed by atoms with Gasteiger partial charge in [0.25, 0.3) is 0 Å². The van der Waals surface area contributed by atoms with Gasteiger partial charge in [0.2, 0.25) is 0 Å². The fourth-order valence-electron chi connectivity index (χ4n) is 1.92. The lowest BCUT2D eigenvalue weighted by atomic mass is 9.89. The normalized spacial score (nSPS) is 21.2. The molecule has 0 aliphatic heterocycles. The van der Waals surface area contributed by atoms with Crippen molar-refractivity contribution in [1.82, 2.24) is 0 Å². The highest BCUT2D eigenvalue weighted by atomic mass is 19.1. The minimum Gasteiger partial charge on any atom is -0.326 e. The van der Waals surface area contributed by atoms with Crippen molar-refractivity contribution >= 4 is 0 Å². The average Bonchev–Trinajstić information content (AvgIpc) is 2.18. The van der Waals surface area contributed by atoms with Gasteiger partial charge in [0, 0.05) is 6.54 Å². The standard InChI is InChI=1S/C11H14FN/c12-11-3-1-2-9-5-4-8(7-13)6-10(9)11/h4-6,11H,1-3,7,13H2. The Hall–Kier alpha value is -0.890. The highest BCUT2D eigenvalue weighted by Crippen LogP contribution is 2.32. The molecule has 1 unspecified atom stereocenters. The summed E-state index contributed by atoms with van der Waals surface area (Å²) in [5, 5.41) is 0. The number of halogens is 1. The van der Waals surface area contributed by atoms with E-state index in [2.05, 4.69) is 0 Å². The first-order valence-electron chi connectivity index (χ1n) is 4.77. The number of hydrogen-bond donors (Lipinski definition) is 1. The molecule has 1 aromatic carbocycles. The van der Waals surface area contributed by atoms with Gasteiger partial charge < -0.3 is 5.73 Å². The van der Waals surface area contributed by atoms with Crippen LogP contribution in [-0.2, 0) is 13.0 Å². The average molecular weight is 179 g/mol. The third-order valence-corrected chi connectivity index (χ3v) is 2.69. The molecule has 2 rings (SSSR count). The van der Waals surface area contributed by atoms with Crippen LogP contribution in [0.5, 0.6) is 0 Å².